The summed E-state index contributed by atoms with van der Waals surface area (Å²) in [5, 5.41) is 1.10. The summed E-state index contributed by atoms with van der Waals surface area (Å²) in [5.74, 6) is 0. The number of hydrogen-bond acceptors (Lipinski definition) is 1. The summed E-state index contributed by atoms with van der Waals surface area (Å²) in [6.07, 6.45) is 0.877. The zero-order valence-electron chi connectivity index (χ0n) is 8.04. The Balaban J connectivity index is 2.92. The second-order valence-electron chi connectivity index (χ2n) is 3.43. The number of aryl methyl sites for hydroxylation is 2. The number of halogens is 1. The molecule has 0 amide bonds. The van der Waals surface area contributed by atoms with Crippen LogP contribution < -0.4 is 0 Å². The van der Waals surface area contributed by atoms with Gasteiger partial charge in [0.05, 0.1) is 11.2 Å². The number of fused-ring (bicyclic) bond motifs is 1. The number of hydrogen-bond donors (Lipinski definition) is 0. The first-order valence-corrected chi connectivity index (χ1v) is 5.13. The van der Waals surface area contributed by atoms with Crippen LogP contribution in [0.5, 0.6) is 0 Å². The molecule has 0 N–H and O–H groups in total. The van der Waals surface area contributed by atoms with Gasteiger partial charge in [0.2, 0.25) is 0 Å². The first kappa shape index (κ1) is 9.46. The number of nitrogens with zero attached hydrogens (tertiary/aromatic N) is 1. The molecule has 0 atom stereocenters. The minimum Gasteiger partial charge on any atom is -0.341 e. The minimum absolute atomic E-state index is 0.700. The summed E-state index contributed by atoms with van der Waals surface area (Å²) in [4.78, 5) is 10.8. The Bertz CT molecular complexity index is 513. The fourth-order valence-electron chi connectivity index (χ4n) is 1.72. The fraction of sp³-hybridized carbons (Fsp3) is 0.182. The van der Waals surface area contributed by atoms with Gasteiger partial charge in [-0.25, -0.2) is 0 Å². The van der Waals surface area contributed by atoms with Crippen molar-refractivity contribution in [3.8, 4) is 0 Å². The van der Waals surface area contributed by atoms with Gasteiger partial charge in [0.25, 0.3) is 0 Å². The van der Waals surface area contributed by atoms with Crippen LogP contribution >= 0.6 is 15.9 Å². The lowest BCUT2D eigenvalue weighted by atomic mass is 10.2. The summed E-state index contributed by atoms with van der Waals surface area (Å²) in [5.41, 5.74) is 2.96. The molecule has 0 aliphatic carbocycles. The van der Waals surface area contributed by atoms with Gasteiger partial charge >= 0.3 is 0 Å². The monoisotopic (exact) mass is 251 g/mol. The SMILES string of the molecule is Cc1cc(Br)c2c(c1)cc(C=O)n2C. The van der Waals surface area contributed by atoms with Gasteiger partial charge in [0.1, 0.15) is 0 Å². The maximum Gasteiger partial charge on any atom is 0.166 e. The first-order chi connectivity index (χ1) is 6.63. The van der Waals surface area contributed by atoms with Crippen LogP contribution in [0.2, 0.25) is 0 Å². The molecule has 1 aromatic carbocycles. The van der Waals surface area contributed by atoms with Crippen molar-refractivity contribution in [2.45, 2.75) is 6.92 Å². The Kier molecular flexibility index (Phi) is 2.19. The van der Waals surface area contributed by atoms with E-state index < -0.39 is 0 Å². The molecule has 72 valence electrons. The number of aldehydes is 1. The number of rotatable bonds is 1. The molecule has 1 heterocycles. The van der Waals surface area contributed by atoms with Gasteiger partial charge in [0.15, 0.2) is 6.29 Å². The summed E-state index contributed by atoms with van der Waals surface area (Å²) in [6.45, 7) is 2.04. The van der Waals surface area contributed by atoms with Crippen molar-refractivity contribution >= 4 is 33.1 Å². The van der Waals surface area contributed by atoms with E-state index in [4.69, 9.17) is 0 Å². The highest BCUT2D eigenvalue weighted by atomic mass is 79.9. The molecular weight excluding hydrogens is 242 g/mol. The maximum absolute atomic E-state index is 10.8. The van der Waals surface area contributed by atoms with Gasteiger partial charge in [-0.1, -0.05) is 0 Å². The van der Waals surface area contributed by atoms with Crippen LogP contribution in [0.1, 0.15) is 16.1 Å². The van der Waals surface area contributed by atoms with E-state index in [1.807, 2.05) is 24.6 Å². The Morgan fingerprint density at radius 2 is 2.07 bits per heavy atom. The Morgan fingerprint density at radius 3 is 2.71 bits per heavy atom. The van der Waals surface area contributed by atoms with Crippen LogP contribution in [-0.2, 0) is 7.05 Å². The summed E-state index contributed by atoms with van der Waals surface area (Å²) >= 11 is 3.50. The summed E-state index contributed by atoms with van der Waals surface area (Å²) < 4.78 is 2.93. The Labute approximate surface area is 90.7 Å². The molecule has 2 nitrogen and oxygen atoms in total. The molecule has 3 heteroatoms. The molecule has 0 bridgehead atoms. The normalized spacial score (nSPS) is 10.8. The van der Waals surface area contributed by atoms with Crippen LogP contribution in [0.25, 0.3) is 10.9 Å². The Morgan fingerprint density at radius 1 is 1.36 bits per heavy atom. The second kappa shape index (κ2) is 3.24. The average molecular weight is 252 g/mol. The third-order valence-electron chi connectivity index (χ3n) is 2.38. The molecule has 2 aromatic rings. The van der Waals surface area contributed by atoms with E-state index in [1.54, 1.807) is 0 Å². The zero-order chi connectivity index (χ0) is 10.3. The van der Waals surface area contributed by atoms with Gasteiger partial charge in [0, 0.05) is 16.9 Å². The van der Waals surface area contributed by atoms with E-state index in [9.17, 15) is 4.79 Å². The van der Waals surface area contributed by atoms with Crippen molar-refractivity contribution in [2.24, 2.45) is 7.05 Å². The number of aromatic nitrogens is 1. The van der Waals surface area contributed by atoms with Crippen molar-refractivity contribution in [3.05, 3.63) is 33.9 Å². The molecule has 0 unspecified atom stereocenters. The first-order valence-electron chi connectivity index (χ1n) is 4.34. The third kappa shape index (κ3) is 1.28. The molecule has 0 spiro atoms. The smallest absolute Gasteiger partial charge is 0.166 e. The maximum atomic E-state index is 10.8. The summed E-state index contributed by atoms with van der Waals surface area (Å²) in [7, 11) is 1.90. The molecule has 1 aromatic heterocycles. The van der Waals surface area contributed by atoms with Crippen LogP contribution in [0.3, 0.4) is 0 Å². The van der Waals surface area contributed by atoms with Crippen molar-refractivity contribution in [1.82, 2.24) is 4.57 Å². The molecule has 0 fully saturated rings. The molecule has 0 aliphatic heterocycles. The van der Waals surface area contributed by atoms with Crippen molar-refractivity contribution < 1.29 is 4.79 Å². The predicted octanol–water partition coefficient (Wildman–Crippen LogP) is 3.06. The standard InChI is InChI=1S/C11H10BrNO/c1-7-3-8-5-9(6-14)13(2)11(8)10(12)4-7/h3-6H,1-2H3. The van der Waals surface area contributed by atoms with E-state index in [1.165, 1.54) is 5.56 Å². The largest absolute Gasteiger partial charge is 0.341 e. The summed E-state index contributed by atoms with van der Waals surface area (Å²) in [6, 6.07) is 6.03. The third-order valence-corrected chi connectivity index (χ3v) is 2.99. The molecule has 14 heavy (non-hydrogen) atoms. The van der Waals surface area contributed by atoms with Gasteiger partial charge in [-0.2, -0.15) is 0 Å². The van der Waals surface area contributed by atoms with Crippen molar-refractivity contribution in [2.75, 3.05) is 0 Å². The highest BCUT2D eigenvalue weighted by Gasteiger charge is 2.08. The molecule has 0 radical (unpaired) electrons. The zero-order valence-corrected chi connectivity index (χ0v) is 9.63. The number of benzene rings is 1. The molecule has 0 aliphatic rings. The van der Waals surface area contributed by atoms with Gasteiger partial charge in [-0.05, 0) is 46.6 Å². The quantitative estimate of drug-likeness (QED) is 0.715. The second-order valence-corrected chi connectivity index (χ2v) is 4.28. The lowest BCUT2D eigenvalue weighted by Crippen LogP contribution is -1.93. The van der Waals surface area contributed by atoms with E-state index in [-0.39, 0.29) is 0 Å². The molecular formula is C11H10BrNO. The van der Waals surface area contributed by atoms with E-state index in [0.29, 0.717) is 5.69 Å². The highest BCUT2D eigenvalue weighted by Crippen LogP contribution is 2.27. The van der Waals surface area contributed by atoms with Crippen molar-refractivity contribution in [1.29, 1.82) is 0 Å². The van der Waals surface area contributed by atoms with Crippen LogP contribution in [0.15, 0.2) is 22.7 Å². The van der Waals surface area contributed by atoms with E-state index in [2.05, 4.69) is 28.1 Å². The molecule has 0 saturated heterocycles. The van der Waals surface area contributed by atoms with E-state index >= 15 is 0 Å². The van der Waals surface area contributed by atoms with Crippen LogP contribution in [0.4, 0.5) is 0 Å². The number of carbonyl (C=O) groups is 1. The molecule has 2 rings (SSSR count). The lowest BCUT2D eigenvalue weighted by Gasteiger charge is -2.01. The highest BCUT2D eigenvalue weighted by molar-refractivity contribution is 9.10. The fourth-order valence-corrected chi connectivity index (χ4v) is 2.58. The van der Waals surface area contributed by atoms with Gasteiger partial charge in [-0.3, -0.25) is 4.79 Å². The van der Waals surface area contributed by atoms with Crippen molar-refractivity contribution in [3.63, 3.8) is 0 Å². The van der Waals surface area contributed by atoms with Gasteiger partial charge < -0.3 is 4.57 Å². The predicted molar refractivity (Wildman–Crippen MR) is 60.7 cm³/mol. The average Bonchev–Trinajstić information content (AvgIpc) is 2.42. The number of carbonyl (C=O) groups excluding carboxylic acids is 1. The van der Waals surface area contributed by atoms with E-state index in [0.717, 1.165) is 21.7 Å². The Hall–Kier alpha value is -1.09. The van der Waals surface area contributed by atoms with Crippen LogP contribution in [-0.4, -0.2) is 10.9 Å². The van der Waals surface area contributed by atoms with Crippen LogP contribution in [0, 0.1) is 6.92 Å². The van der Waals surface area contributed by atoms with Gasteiger partial charge in [-0.15, -0.1) is 0 Å². The lowest BCUT2D eigenvalue weighted by molar-refractivity contribution is 0.111. The topological polar surface area (TPSA) is 22.0 Å². The minimum atomic E-state index is 0.700. The molecule has 0 saturated carbocycles.